The zero-order valence-electron chi connectivity index (χ0n) is 22.3. The number of amides is 2. The fraction of sp³-hybridized carbons (Fsp3) is 0.640. The molecular weight excluding hydrogens is 464 g/mol. The summed E-state index contributed by atoms with van der Waals surface area (Å²) in [7, 11) is 1.79. The first kappa shape index (κ1) is 30.2. The normalized spacial score (nSPS) is 16.3. The molecule has 0 aliphatic carbocycles. The minimum atomic E-state index is -0.616. The van der Waals surface area contributed by atoms with Gasteiger partial charge in [-0.2, -0.15) is 17.9 Å². The summed E-state index contributed by atoms with van der Waals surface area (Å²) in [5.41, 5.74) is -0.731. The van der Waals surface area contributed by atoms with E-state index in [0.717, 1.165) is 12.2 Å². The molecule has 0 bridgehead atoms. The number of thiol groups is 1. The summed E-state index contributed by atoms with van der Waals surface area (Å²) in [4.78, 5) is 33.2. The van der Waals surface area contributed by atoms with E-state index in [9.17, 15) is 14.9 Å². The second-order valence-electron chi connectivity index (χ2n) is 10.6. The number of carbonyl (C=O) groups is 2. The third kappa shape index (κ3) is 9.06. The van der Waals surface area contributed by atoms with E-state index in [4.69, 9.17) is 4.74 Å². The van der Waals surface area contributed by atoms with Crippen LogP contribution in [0.15, 0.2) is 23.2 Å². The zero-order chi connectivity index (χ0) is 27.0. The first-order valence-corrected chi connectivity index (χ1v) is 12.1. The highest BCUT2D eigenvalue weighted by Gasteiger charge is 2.43. The third-order valence-corrected chi connectivity index (χ3v) is 5.48. The first-order valence-electron chi connectivity index (χ1n) is 11.6. The molecule has 0 radical (unpaired) electrons. The van der Waals surface area contributed by atoms with Crippen molar-refractivity contribution in [2.24, 2.45) is 16.3 Å². The van der Waals surface area contributed by atoms with Crippen LogP contribution in [0.3, 0.4) is 0 Å². The number of rotatable bonds is 8. The topological polar surface area (TPSA) is 120 Å². The number of ether oxygens (including phenoxy) is 1. The highest BCUT2D eigenvalue weighted by molar-refractivity contribution is 7.81. The monoisotopic (exact) mass is 504 g/mol. The van der Waals surface area contributed by atoms with E-state index in [-0.39, 0.29) is 11.4 Å². The summed E-state index contributed by atoms with van der Waals surface area (Å²) in [6.45, 7) is 16.1. The molecule has 2 rings (SSSR count). The molecule has 2 amide bonds. The number of pyridine rings is 1. The average Bonchev–Trinajstić information content (AvgIpc) is 3.12. The number of nitrogens with zero attached hydrogens (tertiary/aromatic N) is 4. The molecule has 2 atom stereocenters. The Morgan fingerprint density at radius 1 is 1.31 bits per heavy atom. The van der Waals surface area contributed by atoms with Crippen molar-refractivity contribution >= 4 is 42.5 Å². The summed E-state index contributed by atoms with van der Waals surface area (Å²) in [6, 6.07) is 7.29. The Morgan fingerprint density at radius 2 is 1.91 bits per heavy atom. The highest BCUT2D eigenvalue weighted by atomic mass is 32.1. The van der Waals surface area contributed by atoms with Crippen LogP contribution in [0.25, 0.3) is 0 Å². The Kier molecular flexibility index (Phi) is 10.6. The van der Waals surface area contributed by atoms with E-state index >= 15 is 0 Å². The molecule has 1 aliphatic heterocycles. The van der Waals surface area contributed by atoms with Crippen molar-refractivity contribution in [1.29, 1.82) is 5.26 Å². The van der Waals surface area contributed by atoms with Crippen LogP contribution < -0.4 is 10.6 Å². The number of nitriles is 1. The van der Waals surface area contributed by atoms with Crippen LogP contribution in [0, 0.1) is 22.7 Å². The van der Waals surface area contributed by atoms with Crippen molar-refractivity contribution in [3.63, 3.8) is 0 Å². The Morgan fingerprint density at radius 3 is 2.31 bits per heavy atom. The van der Waals surface area contributed by atoms with Gasteiger partial charge in [-0.15, -0.1) is 0 Å². The molecule has 1 aliphatic rings. The number of aromatic nitrogens is 1. The summed E-state index contributed by atoms with van der Waals surface area (Å²) < 4.78 is 5.04. The lowest BCUT2D eigenvalue weighted by Gasteiger charge is -2.39. The van der Waals surface area contributed by atoms with Gasteiger partial charge >= 0.3 is 0 Å². The van der Waals surface area contributed by atoms with Crippen LogP contribution in [-0.4, -0.2) is 64.6 Å². The van der Waals surface area contributed by atoms with Crippen LogP contribution in [0.4, 0.5) is 11.6 Å². The van der Waals surface area contributed by atoms with Gasteiger partial charge in [-0.1, -0.05) is 26.8 Å². The van der Waals surface area contributed by atoms with Crippen LogP contribution in [0.1, 0.15) is 55.4 Å². The largest absolute Gasteiger partial charge is 0.477 e. The fourth-order valence-electron chi connectivity index (χ4n) is 3.32. The van der Waals surface area contributed by atoms with E-state index in [1.807, 2.05) is 67.5 Å². The van der Waals surface area contributed by atoms with Crippen molar-refractivity contribution in [2.75, 3.05) is 30.8 Å². The summed E-state index contributed by atoms with van der Waals surface area (Å²) >= 11 is 4.56. The Bertz CT molecular complexity index is 944. The molecule has 2 N–H and O–H groups in total. The Hall–Kier alpha value is -2.80. The van der Waals surface area contributed by atoms with Crippen molar-refractivity contribution in [3.8, 4) is 6.07 Å². The van der Waals surface area contributed by atoms with Crippen molar-refractivity contribution < 1.29 is 14.3 Å². The molecule has 0 saturated heterocycles. The minimum Gasteiger partial charge on any atom is -0.477 e. The van der Waals surface area contributed by atoms with Gasteiger partial charge in [-0.25, -0.2) is 9.98 Å². The minimum absolute atomic E-state index is 0.0387. The van der Waals surface area contributed by atoms with Gasteiger partial charge in [-0.05, 0) is 46.8 Å². The van der Waals surface area contributed by atoms with Gasteiger partial charge in [0.15, 0.2) is 0 Å². The third-order valence-electron chi connectivity index (χ3n) is 5.22. The van der Waals surface area contributed by atoms with Crippen molar-refractivity contribution in [2.45, 2.75) is 71.7 Å². The Labute approximate surface area is 215 Å². The van der Waals surface area contributed by atoms with Gasteiger partial charge in [0.25, 0.3) is 0 Å². The second kappa shape index (κ2) is 12.2. The molecule has 2 heterocycles. The molecule has 35 heavy (non-hydrogen) atoms. The second-order valence-corrected chi connectivity index (χ2v) is 11.7. The standard InChI is InChI=1S/C14H23N3O2S.C11H17N3O/c1-6-17(9-18)11(14(4,5)20)10(7-15)12-16-13(2,3)8-19-12;1-11(2,3)10(15)14-9-7-5-6-8(12-4)13-9/h9-11,20H,6,8H2,1-5H3;5-7H,1-4H3,(H2,12,13,14,15). The van der Waals surface area contributed by atoms with Crippen LogP contribution >= 0.6 is 12.6 Å². The van der Waals surface area contributed by atoms with Gasteiger partial charge in [0.2, 0.25) is 18.2 Å². The van der Waals surface area contributed by atoms with E-state index in [1.165, 1.54) is 0 Å². The molecule has 2 unspecified atom stereocenters. The summed E-state index contributed by atoms with van der Waals surface area (Å²) in [6.07, 6.45) is 0.758. The molecule has 10 heteroatoms. The summed E-state index contributed by atoms with van der Waals surface area (Å²) in [5.74, 6) is 1.06. The van der Waals surface area contributed by atoms with E-state index in [2.05, 4.69) is 39.3 Å². The average molecular weight is 505 g/mol. The maximum Gasteiger partial charge on any atom is 0.230 e. The maximum atomic E-state index is 11.7. The summed E-state index contributed by atoms with van der Waals surface area (Å²) in [5, 5.41) is 15.2. The predicted molar refractivity (Wildman–Crippen MR) is 144 cm³/mol. The lowest BCUT2D eigenvalue weighted by molar-refractivity contribution is -0.123. The van der Waals surface area contributed by atoms with Gasteiger partial charge in [0, 0.05) is 23.8 Å². The van der Waals surface area contributed by atoms with Crippen molar-refractivity contribution in [1.82, 2.24) is 9.88 Å². The van der Waals surface area contributed by atoms with Gasteiger partial charge in [0.1, 0.15) is 24.2 Å². The van der Waals surface area contributed by atoms with E-state index in [0.29, 0.717) is 24.9 Å². The van der Waals surface area contributed by atoms with Gasteiger partial charge < -0.3 is 20.3 Å². The number of aliphatic imine (C=N–C) groups is 1. The number of hydrogen-bond donors (Lipinski definition) is 3. The van der Waals surface area contributed by atoms with Gasteiger partial charge in [-0.3, -0.25) is 9.59 Å². The number of nitrogens with one attached hydrogen (secondary N) is 2. The molecule has 194 valence electrons. The number of anilines is 2. The van der Waals surface area contributed by atoms with Crippen LogP contribution in [0.2, 0.25) is 0 Å². The predicted octanol–water partition coefficient (Wildman–Crippen LogP) is 4.00. The highest BCUT2D eigenvalue weighted by Crippen LogP contribution is 2.32. The van der Waals surface area contributed by atoms with Crippen LogP contribution in [-0.2, 0) is 14.3 Å². The SMILES string of the molecule is CCN(C=O)C(C(C#N)C1=NC(C)(C)CO1)C(C)(C)S.CNc1cccc(NC(=O)C(C)(C)C)n1. The van der Waals surface area contributed by atoms with Gasteiger partial charge in [0.05, 0.1) is 17.6 Å². The first-order chi connectivity index (χ1) is 16.1. The molecule has 1 aromatic rings. The van der Waals surface area contributed by atoms with Crippen molar-refractivity contribution in [3.05, 3.63) is 18.2 Å². The molecule has 9 nitrogen and oxygen atoms in total. The lowest BCUT2D eigenvalue weighted by Crippen LogP contribution is -2.52. The number of hydrogen-bond acceptors (Lipinski definition) is 8. The fourth-order valence-corrected chi connectivity index (χ4v) is 3.62. The van der Waals surface area contributed by atoms with Crippen LogP contribution in [0.5, 0.6) is 0 Å². The molecule has 1 aromatic heterocycles. The molecule has 0 saturated carbocycles. The molecule has 0 aromatic carbocycles. The Balaban J connectivity index is 0.000000365. The number of carbonyl (C=O) groups excluding carboxylic acids is 2. The molecular formula is C25H40N6O3S. The quantitative estimate of drug-likeness (QED) is 0.364. The molecule has 0 spiro atoms. The maximum absolute atomic E-state index is 11.7. The lowest BCUT2D eigenvalue weighted by atomic mass is 9.89. The van der Waals surface area contributed by atoms with E-state index < -0.39 is 22.1 Å². The molecule has 0 fully saturated rings. The van der Waals surface area contributed by atoms with E-state index in [1.54, 1.807) is 18.0 Å². The smallest absolute Gasteiger partial charge is 0.230 e. The zero-order valence-corrected chi connectivity index (χ0v) is 23.2.